The zero-order valence-electron chi connectivity index (χ0n) is 12.1. The van der Waals surface area contributed by atoms with Gasteiger partial charge in [0.2, 0.25) is 0 Å². The summed E-state index contributed by atoms with van der Waals surface area (Å²) < 4.78 is 6.35. The highest BCUT2D eigenvalue weighted by Crippen LogP contribution is 2.22. The van der Waals surface area contributed by atoms with Gasteiger partial charge in [-0.05, 0) is 42.8 Å². The van der Waals surface area contributed by atoms with Crippen LogP contribution in [0.15, 0.2) is 53.0 Å². The first-order valence-corrected chi connectivity index (χ1v) is 7.61. The zero-order valence-corrected chi connectivity index (χ0v) is 13.7. The van der Waals surface area contributed by atoms with Crippen LogP contribution in [-0.2, 0) is 4.79 Å². The van der Waals surface area contributed by atoms with Crippen molar-refractivity contribution in [1.82, 2.24) is 5.32 Å². The summed E-state index contributed by atoms with van der Waals surface area (Å²) in [5.41, 5.74) is 1.57. The first-order chi connectivity index (χ1) is 10.6. The lowest BCUT2D eigenvalue weighted by molar-refractivity contribution is -0.123. The third-order valence-corrected chi connectivity index (χ3v) is 3.86. The number of benzene rings is 2. The predicted octanol–water partition coefficient (Wildman–Crippen LogP) is 3.52. The number of carbonyl (C=O) groups excluding carboxylic acids is 2. The summed E-state index contributed by atoms with van der Waals surface area (Å²) in [4.78, 5) is 22.5. The molecule has 1 amide bonds. The van der Waals surface area contributed by atoms with Crippen LogP contribution in [0.5, 0.6) is 5.75 Å². The molecule has 0 aliphatic carbocycles. The van der Waals surface area contributed by atoms with Gasteiger partial charge >= 0.3 is 0 Å². The lowest BCUT2D eigenvalue weighted by Crippen LogP contribution is -2.31. The standard InChI is InChI=1S/C17H16BrNO3/c1-12(15-4-2-3-5-16(15)18)19-17(21)11-22-14-8-6-13(10-20)7-9-14/h2-10,12H,11H2,1H3,(H,19,21). The molecule has 0 saturated carbocycles. The van der Waals surface area contributed by atoms with Crippen LogP contribution in [0.3, 0.4) is 0 Å². The van der Waals surface area contributed by atoms with Crippen molar-refractivity contribution in [2.45, 2.75) is 13.0 Å². The van der Waals surface area contributed by atoms with Crippen LogP contribution in [0.25, 0.3) is 0 Å². The number of rotatable bonds is 6. The molecular formula is C17H16BrNO3. The summed E-state index contributed by atoms with van der Waals surface area (Å²) in [6.45, 7) is 1.84. The SMILES string of the molecule is CC(NC(=O)COc1ccc(C=O)cc1)c1ccccc1Br. The Morgan fingerprint density at radius 3 is 2.55 bits per heavy atom. The van der Waals surface area contributed by atoms with E-state index in [-0.39, 0.29) is 18.6 Å². The molecule has 0 fully saturated rings. The summed E-state index contributed by atoms with van der Waals surface area (Å²) in [6, 6.07) is 14.2. The van der Waals surface area contributed by atoms with Gasteiger partial charge in [-0.25, -0.2) is 0 Å². The number of hydrogen-bond donors (Lipinski definition) is 1. The van der Waals surface area contributed by atoms with Crippen molar-refractivity contribution in [3.63, 3.8) is 0 Å². The number of ether oxygens (including phenoxy) is 1. The van der Waals surface area contributed by atoms with Crippen molar-refractivity contribution in [1.29, 1.82) is 0 Å². The maximum atomic E-state index is 11.9. The van der Waals surface area contributed by atoms with Crippen LogP contribution < -0.4 is 10.1 Å². The van der Waals surface area contributed by atoms with Crippen LogP contribution in [-0.4, -0.2) is 18.8 Å². The Morgan fingerprint density at radius 2 is 1.91 bits per heavy atom. The molecule has 5 heteroatoms. The van der Waals surface area contributed by atoms with E-state index in [2.05, 4.69) is 21.2 Å². The third kappa shape index (κ3) is 4.43. The van der Waals surface area contributed by atoms with Gasteiger partial charge in [0.05, 0.1) is 6.04 Å². The lowest BCUT2D eigenvalue weighted by Gasteiger charge is -2.16. The Kier molecular flexibility index (Phi) is 5.72. The summed E-state index contributed by atoms with van der Waals surface area (Å²) in [5.74, 6) is 0.344. The summed E-state index contributed by atoms with van der Waals surface area (Å²) in [7, 11) is 0. The molecule has 0 bridgehead atoms. The molecule has 0 aromatic heterocycles. The van der Waals surface area contributed by atoms with Crippen LogP contribution in [0, 0.1) is 0 Å². The Labute approximate surface area is 137 Å². The first-order valence-electron chi connectivity index (χ1n) is 6.82. The van der Waals surface area contributed by atoms with Crippen LogP contribution >= 0.6 is 15.9 Å². The second-order valence-corrected chi connectivity index (χ2v) is 5.64. The van der Waals surface area contributed by atoms with E-state index in [9.17, 15) is 9.59 Å². The van der Waals surface area contributed by atoms with Crippen molar-refractivity contribution in [3.05, 3.63) is 64.1 Å². The third-order valence-electron chi connectivity index (χ3n) is 3.14. The average Bonchev–Trinajstić information content (AvgIpc) is 2.53. The molecular weight excluding hydrogens is 346 g/mol. The normalized spacial score (nSPS) is 11.5. The number of aldehydes is 1. The van der Waals surface area contributed by atoms with Crippen molar-refractivity contribution in [2.75, 3.05) is 6.61 Å². The van der Waals surface area contributed by atoms with Crippen molar-refractivity contribution in [3.8, 4) is 5.75 Å². The van der Waals surface area contributed by atoms with E-state index in [4.69, 9.17) is 4.74 Å². The molecule has 4 nitrogen and oxygen atoms in total. The maximum absolute atomic E-state index is 11.9. The molecule has 2 rings (SSSR count). The number of halogens is 1. The Morgan fingerprint density at radius 1 is 1.23 bits per heavy atom. The van der Waals surface area contributed by atoms with Gasteiger partial charge in [0, 0.05) is 10.0 Å². The van der Waals surface area contributed by atoms with Crippen molar-refractivity contribution in [2.24, 2.45) is 0 Å². The molecule has 0 saturated heterocycles. The molecule has 0 aliphatic heterocycles. The van der Waals surface area contributed by atoms with Gasteiger partial charge in [-0.2, -0.15) is 0 Å². The van der Waals surface area contributed by atoms with Crippen LogP contribution in [0.2, 0.25) is 0 Å². The molecule has 0 spiro atoms. The fourth-order valence-corrected chi connectivity index (χ4v) is 2.61. The van der Waals surface area contributed by atoms with E-state index in [0.29, 0.717) is 11.3 Å². The smallest absolute Gasteiger partial charge is 0.258 e. The number of amides is 1. The Balaban J connectivity index is 1.87. The van der Waals surface area contributed by atoms with Gasteiger partial charge in [-0.15, -0.1) is 0 Å². The van der Waals surface area contributed by atoms with Gasteiger partial charge in [0.25, 0.3) is 5.91 Å². The average molecular weight is 362 g/mol. The molecule has 1 N–H and O–H groups in total. The maximum Gasteiger partial charge on any atom is 0.258 e. The fraction of sp³-hybridized carbons (Fsp3) is 0.176. The van der Waals surface area contributed by atoms with Gasteiger partial charge in [0.1, 0.15) is 12.0 Å². The summed E-state index contributed by atoms with van der Waals surface area (Å²) in [6.07, 6.45) is 0.760. The Hall–Kier alpha value is -2.14. The first kappa shape index (κ1) is 16.2. The lowest BCUT2D eigenvalue weighted by atomic mass is 10.1. The highest BCUT2D eigenvalue weighted by atomic mass is 79.9. The van der Waals surface area contributed by atoms with Gasteiger partial charge in [-0.3, -0.25) is 9.59 Å². The van der Waals surface area contributed by atoms with Crippen molar-refractivity contribution < 1.29 is 14.3 Å². The predicted molar refractivity (Wildman–Crippen MR) is 88.0 cm³/mol. The molecule has 114 valence electrons. The molecule has 2 aromatic carbocycles. The van der Waals surface area contributed by atoms with E-state index in [1.165, 1.54) is 0 Å². The second kappa shape index (κ2) is 7.75. The number of hydrogen-bond acceptors (Lipinski definition) is 3. The molecule has 1 atom stereocenters. The van der Waals surface area contributed by atoms with E-state index < -0.39 is 0 Å². The minimum atomic E-state index is -0.206. The monoisotopic (exact) mass is 361 g/mol. The molecule has 22 heavy (non-hydrogen) atoms. The van der Waals surface area contributed by atoms with Gasteiger partial charge in [-0.1, -0.05) is 34.1 Å². The second-order valence-electron chi connectivity index (χ2n) is 4.79. The largest absolute Gasteiger partial charge is 0.484 e. The Bertz CT molecular complexity index is 655. The molecule has 2 aromatic rings. The van der Waals surface area contributed by atoms with Gasteiger partial charge < -0.3 is 10.1 Å². The summed E-state index contributed by atoms with van der Waals surface area (Å²) in [5, 5.41) is 2.88. The van der Waals surface area contributed by atoms with E-state index in [1.807, 2.05) is 31.2 Å². The van der Waals surface area contributed by atoms with Gasteiger partial charge in [0.15, 0.2) is 6.61 Å². The summed E-state index contributed by atoms with van der Waals surface area (Å²) >= 11 is 3.47. The highest BCUT2D eigenvalue weighted by molar-refractivity contribution is 9.10. The number of nitrogens with one attached hydrogen (secondary N) is 1. The molecule has 0 heterocycles. The molecule has 0 radical (unpaired) electrons. The van der Waals surface area contributed by atoms with Crippen LogP contribution in [0.4, 0.5) is 0 Å². The van der Waals surface area contributed by atoms with Crippen molar-refractivity contribution >= 4 is 28.1 Å². The zero-order chi connectivity index (χ0) is 15.9. The number of carbonyl (C=O) groups is 2. The van der Waals surface area contributed by atoms with E-state index in [0.717, 1.165) is 16.3 Å². The molecule has 1 unspecified atom stereocenters. The highest BCUT2D eigenvalue weighted by Gasteiger charge is 2.12. The van der Waals surface area contributed by atoms with E-state index in [1.54, 1.807) is 24.3 Å². The van der Waals surface area contributed by atoms with Crippen LogP contribution in [0.1, 0.15) is 28.9 Å². The minimum Gasteiger partial charge on any atom is -0.484 e. The fourth-order valence-electron chi connectivity index (χ4n) is 1.98. The molecule has 0 aliphatic rings. The topological polar surface area (TPSA) is 55.4 Å². The van der Waals surface area contributed by atoms with E-state index >= 15 is 0 Å². The minimum absolute atomic E-state index is 0.0742. The quantitative estimate of drug-likeness (QED) is 0.800.